The predicted molar refractivity (Wildman–Crippen MR) is 81.6 cm³/mol. The van der Waals surface area contributed by atoms with Gasteiger partial charge in [0.2, 0.25) is 5.91 Å². The molecule has 4 nitrogen and oxygen atoms in total. The topological polar surface area (TPSA) is 46.6 Å². The second-order valence-corrected chi connectivity index (χ2v) is 6.98. The van der Waals surface area contributed by atoms with Gasteiger partial charge in [-0.3, -0.25) is 4.79 Å². The van der Waals surface area contributed by atoms with Crippen molar-refractivity contribution in [2.45, 2.75) is 43.7 Å². The van der Waals surface area contributed by atoms with Crippen LogP contribution in [0.15, 0.2) is 30.3 Å². The van der Waals surface area contributed by atoms with E-state index in [9.17, 15) is 9.59 Å². The molecule has 2 saturated heterocycles. The van der Waals surface area contributed by atoms with Gasteiger partial charge in [0.05, 0.1) is 0 Å². The lowest BCUT2D eigenvalue weighted by Crippen LogP contribution is -2.61. The first-order valence-electron chi connectivity index (χ1n) is 7.34. The number of carbonyl (C=O) groups is 2. The number of esters is 1. The zero-order valence-corrected chi connectivity index (χ0v) is 12.9. The molecule has 0 N–H and O–H groups in total. The summed E-state index contributed by atoms with van der Waals surface area (Å²) < 4.78 is 5.52. The number of rotatable bonds is 5. The summed E-state index contributed by atoms with van der Waals surface area (Å²) in [4.78, 5) is 25.5. The van der Waals surface area contributed by atoms with Crippen molar-refractivity contribution in [3.05, 3.63) is 35.9 Å². The lowest BCUT2D eigenvalue weighted by atomic mass is 10.0. The molecule has 2 fully saturated rings. The van der Waals surface area contributed by atoms with Gasteiger partial charge in [-0.1, -0.05) is 37.3 Å². The number of amides is 1. The quantitative estimate of drug-likeness (QED) is 0.619. The molecule has 0 aliphatic carbocycles. The van der Waals surface area contributed by atoms with E-state index < -0.39 is 4.87 Å². The monoisotopic (exact) mass is 305 g/mol. The van der Waals surface area contributed by atoms with Crippen LogP contribution < -0.4 is 0 Å². The number of hydrogen-bond donors (Lipinski definition) is 0. The number of carbonyl (C=O) groups excluding carboxylic acids is 2. The Morgan fingerprint density at radius 2 is 2.19 bits per heavy atom. The van der Waals surface area contributed by atoms with Crippen molar-refractivity contribution in [2.24, 2.45) is 0 Å². The Morgan fingerprint density at radius 3 is 2.86 bits per heavy atom. The molecule has 5 heteroatoms. The third kappa shape index (κ3) is 2.44. The Morgan fingerprint density at radius 1 is 1.43 bits per heavy atom. The average Bonchev–Trinajstić information content (AvgIpc) is 2.79. The minimum atomic E-state index is -0.788. The molecule has 0 spiro atoms. The van der Waals surface area contributed by atoms with Crippen molar-refractivity contribution in [1.29, 1.82) is 0 Å². The molecule has 0 bridgehead atoms. The van der Waals surface area contributed by atoms with Gasteiger partial charge in [-0.05, 0) is 24.2 Å². The van der Waals surface area contributed by atoms with Gasteiger partial charge in [0.25, 0.3) is 0 Å². The van der Waals surface area contributed by atoms with E-state index in [0.29, 0.717) is 12.8 Å². The first-order chi connectivity index (χ1) is 10.2. The van der Waals surface area contributed by atoms with Gasteiger partial charge >= 0.3 is 5.97 Å². The highest BCUT2D eigenvalue weighted by molar-refractivity contribution is 8.01. The van der Waals surface area contributed by atoms with Gasteiger partial charge in [-0.2, -0.15) is 0 Å². The summed E-state index contributed by atoms with van der Waals surface area (Å²) in [5.41, 5.74) is 0.965. The second kappa shape index (κ2) is 5.72. The van der Waals surface area contributed by atoms with Crippen LogP contribution in [0.5, 0.6) is 0 Å². The Kier molecular flexibility index (Phi) is 3.93. The summed E-state index contributed by atoms with van der Waals surface area (Å²) >= 11 is 1.53. The number of ether oxygens (including phenoxy) is 1. The number of benzene rings is 1. The number of β-lactam (4-membered cyclic amide) rings is 1. The van der Waals surface area contributed by atoms with Crippen LogP contribution in [0.3, 0.4) is 0 Å². The fraction of sp³-hybridized carbons (Fsp3) is 0.500. The van der Waals surface area contributed by atoms with Crippen LogP contribution in [0, 0.1) is 0 Å². The normalized spacial score (nSPS) is 27.2. The maximum absolute atomic E-state index is 12.6. The second-order valence-electron chi connectivity index (χ2n) is 5.44. The fourth-order valence-electron chi connectivity index (χ4n) is 3.17. The summed E-state index contributed by atoms with van der Waals surface area (Å²) in [7, 11) is 0. The smallest absolute Gasteiger partial charge is 0.343 e. The molecule has 3 rings (SSSR count). The number of nitrogens with zero attached hydrogens (tertiary/aromatic N) is 1. The van der Waals surface area contributed by atoms with Gasteiger partial charge in [0, 0.05) is 12.5 Å². The first kappa shape index (κ1) is 14.4. The Hall–Kier alpha value is -1.49. The lowest BCUT2D eigenvalue weighted by Gasteiger charge is -2.44. The maximum Gasteiger partial charge on any atom is 0.343 e. The van der Waals surface area contributed by atoms with Crippen LogP contribution in [-0.2, 0) is 20.9 Å². The molecular weight excluding hydrogens is 286 g/mol. The SMILES string of the molecule is CCSC1(C(=O)OCc2ccccc2)CCC2CC(=O)N21. The highest BCUT2D eigenvalue weighted by atomic mass is 32.2. The third-order valence-corrected chi connectivity index (χ3v) is 5.50. The molecule has 2 aliphatic rings. The van der Waals surface area contributed by atoms with Gasteiger partial charge in [-0.25, -0.2) is 4.79 Å². The maximum atomic E-state index is 12.6. The molecule has 1 aromatic carbocycles. The zero-order valence-electron chi connectivity index (χ0n) is 12.1. The van der Waals surface area contributed by atoms with Crippen molar-refractivity contribution in [1.82, 2.24) is 4.90 Å². The summed E-state index contributed by atoms with van der Waals surface area (Å²) in [5, 5.41) is 0. The summed E-state index contributed by atoms with van der Waals surface area (Å²) in [5.74, 6) is 0.598. The highest BCUT2D eigenvalue weighted by Gasteiger charge is 2.60. The van der Waals surface area contributed by atoms with Crippen molar-refractivity contribution in [3.8, 4) is 0 Å². The van der Waals surface area contributed by atoms with E-state index in [4.69, 9.17) is 4.74 Å². The number of fused-ring (bicyclic) bond motifs is 1. The van der Waals surface area contributed by atoms with Crippen LogP contribution in [0.1, 0.15) is 31.7 Å². The molecule has 21 heavy (non-hydrogen) atoms. The standard InChI is InChI=1S/C16H19NO3S/c1-2-21-16(9-8-13-10-14(18)17(13)16)15(19)20-11-12-6-4-3-5-7-12/h3-7,13H,2,8-11H2,1H3. The molecule has 0 saturated carbocycles. The summed E-state index contributed by atoms with van der Waals surface area (Å²) in [6, 6.07) is 9.87. The number of hydrogen-bond acceptors (Lipinski definition) is 4. The summed E-state index contributed by atoms with van der Waals surface area (Å²) in [6.07, 6.45) is 2.19. The van der Waals surface area contributed by atoms with E-state index in [1.165, 1.54) is 11.8 Å². The predicted octanol–water partition coefficient (Wildman–Crippen LogP) is 2.57. The molecule has 2 aliphatic heterocycles. The van der Waals surface area contributed by atoms with E-state index in [-0.39, 0.29) is 24.5 Å². The lowest BCUT2D eigenvalue weighted by molar-refractivity contribution is -0.163. The Labute approximate surface area is 128 Å². The molecule has 0 radical (unpaired) electrons. The van der Waals surface area contributed by atoms with E-state index in [1.807, 2.05) is 37.3 Å². The van der Waals surface area contributed by atoms with Crippen molar-refractivity contribution < 1.29 is 14.3 Å². The van der Waals surface area contributed by atoms with Crippen molar-refractivity contribution in [3.63, 3.8) is 0 Å². The molecule has 1 aromatic rings. The van der Waals surface area contributed by atoms with Crippen molar-refractivity contribution in [2.75, 3.05) is 5.75 Å². The molecule has 2 unspecified atom stereocenters. The van der Waals surface area contributed by atoms with Gasteiger partial charge < -0.3 is 9.64 Å². The van der Waals surface area contributed by atoms with Gasteiger partial charge in [0.1, 0.15) is 6.61 Å². The molecule has 1 amide bonds. The molecule has 2 atom stereocenters. The van der Waals surface area contributed by atoms with Gasteiger partial charge in [-0.15, -0.1) is 11.8 Å². The van der Waals surface area contributed by atoms with Crippen LogP contribution in [-0.4, -0.2) is 33.4 Å². The highest BCUT2D eigenvalue weighted by Crippen LogP contribution is 2.49. The number of thioether (sulfide) groups is 1. The Balaban J connectivity index is 1.72. The Bertz CT molecular complexity index is 544. The third-order valence-electron chi connectivity index (χ3n) is 4.16. The fourth-order valence-corrected chi connectivity index (χ4v) is 4.47. The molecule has 112 valence electrons. The molecular formula is C16H19NO3S. The largest absolute Gasteiger partial charge is 0.458 e. The first-order valence-corrected chi connectivity index (χ1v) is 8.33. The van der Waals surface area contributed by atoms with Crippen LogP contribution in [0.25, 0.3) is 0 Å². The minimum absolute atomic E-state index is 0.0788. The van der Waals surface area contributed by atoms with E-state index in [1.54, 1.807) is 4.90 Å². The summed E-state index contributed by atoms with van der Waals surface area (Å²) in [6.45, 7) is 2.27. The van der Waals surface area contributed by atoms with Gasteiger partial charge in [0.15, 0.2) is 4.87 Å². The molecule has 2 heterocycles. The van der Waals surface area contributed by atoms with Crippen molar-refractivity contribution >= 4 is 23.6 Å². The van der Waals surface area contributed by atoms with Crippen LogP contribution >= 0.6 is 11.8 Å². The van der Waals surface area contributed by atoms with Crippen LogP contribution in [0.4, 0.5) is 0 Å². The minimum Gasteiger partial charge on any atom is -0.458 e. The van der Waals surface area contributed by atoms with E-state index in [2.05, 4.69) is 0 Å². The average molecular weight is 305 g/mol. The van der Waals surface area contributed by atoms with E-state index in [0.717, 1.165) is 17.7 Å². The van der Waals surface area contributed by atoms with Crippen LogP contribution in [0.2, 0.25) is 0 Å². The molecule has 0 aromatic heterocycles. The zero-order chi connectivity index (χ0) is 14.9. The van der Waals surface area contributed by atoms with E-state index >= 15 is 0 Å².